The fourth-order valence-electron chi connectivity index (χ4n) is 3.15. The Bertz CT molecular complexity index is 884. The highest BCUT2D eigenvalue weighted by Crippen LogP contribution is 2.36. The van der Waals surface area contributed by atoms with Gasteiger partial charge in [-0.3, -0.25) is 4.98 Å². The standard InChI is InChI=1S/C20H17FN2O3/c21-17-3-1-2-15(9-17)19-18(23-20(24)26-19)16-8-14(10-22-11-16)5-4-13-6-7-25-12-13/h1-3,8-11,13,18-19H,6-7,12H2,(H,23,24)/t13?,18-,19-/m1/s1. The SMILES string of the molecule is O=C1N[C@H](c2cncc(C#CC3CCOC3)c2)[C@@H](c2cccc(F)c2)O1. The number of benzene rings is 1. The van der Waals surface area contributed by atoms with Crippen molar-refractivity contribution < 1.29 is 18.7 Å². The Balaban J connectivity index is 1.60. The minimum absolute atomic E-state index is 0.244. The van der Waals surface area contributed by atoms with Crippen LogP contribution < -0.4 is 5.32 Å². The van der Waals surface area contributed by atoms with Gasteiger partial charge in [-0.05, 0) is 35.7 Å². The molecule has 3 atom stereocenters. The molecule has 1 unspecified atom stereocenters. The number of halogens is 1. The lowest BCUT2D eigenvalue weighted by molar-refractivity contribution is 0.132. The zero-order valence-electron chi connectivity index (χ0n) is 13.9. The molecule has 3 heterocycles. The Hall–Kier alpha value is -2.91. The summed E-state index contributed by atoms with van der Waals surface area (Å²) in [7, 11) is 0. The number of ether oxygens (including phenoxy) is 2. The van der Waals surface area contributed by atoms with Gasteiger partial charge in [-0.2, -0.15) is 0 Å². The predicted octanol–water partition coefficient (Wildman–Crippen LogP) is 3.13. The Morgan fingerprint density at radius 1 is 1.23 bits per heavy atom. The minimum Gasteiger partial charge on any atom is -0.439 e. The molecule has 4 rings (SSSR count). The zero-order valence-corrected chi connectivity index (χ0v) is 13.9. The highest BCUT2D eigenvalue weighted by atomic mass is 19.1. The van der Waals surface area contributed by atoms with E-state index in [9.17, 15) is 9.18 Å². The predicted molar refractivity (Wildman–Crippen MR) is 91.5 cm³/mol. The molecule has 1 aromatic carbocycles. The fourth-order valence-corrected chi connectivity index (χ4v) is 3.15. The van der Waals surface area contributed by atoms with E-state index < -0.39 is 18.2 Å². The fraction of sp³-hybridized carbons (Fsp3) is 0.300. The number of amides is 1. The number of alkyl carbamates (subject to hydrolysis) is 1. The first-order valence-corrected chi connectivity index (χ1v) is 8.46. The molecule has 2 fully saturated rings. The van der Waals surface area contributed by atoms with Crippen LogP contribution >= 0.6 is 0 Å². The Morgan fingerprint density at radius 3 is 2.96 bits per heavy atom. The monoisotopic (exact) mass is 352 g/mol. The van der Waals surface area contributed by atoms with Crippen molar-refractivity contribution in [2.75, 3.05) is 13.2 Å². The second-order valence-electron chi connectivity index (χ2n) is 6.34. The number of nitrogens with one attached hydrogen (secondary N) is 1. The van der Waals surface area contributed by atoms with Crippen LogP contribution in [0.15, 0.2) is 42.7 Å². The molecule has 0 aliphatic carbocycles. The van der Waals surface area contributed by atoms with Gasteiger partial charge in [0.15, 0.2) is 6.10 Å². The molecule has 2 aromatic rings. The molecule has 1 N–H and O–H groups in total. The van der Waals surface area contributed by atoms with Crippen LogP contribution in [0.4, 0.5) is 9.18 Å². The van der Waals surface area contributed by atoms with Crippen LogP contribution in [-0.2, 0) is 9.47 Å². The van der Waals surface area contributed by atoms with E-state index in [-0.39, 0.29) is 11.7 Å². The quantitative estimate of drug-likeness (QED) is 0.844. The molecular formula is C20H17FN2O3. The van der Waals surface area contributed by atoms with E-state index in [0.29, 0.717) is 12.2 Å². The van der Waals surface area contributed by atoms with Gasteiger partial charge in [-0.15, -0.1) is 0 Å². The summed E-state index contributed by atoms with van der Waals surface area (Å²) in [6.45, 7) is 1.41. The first-order valence-electron chi connectivity index (χ1n) is 8.46. The summed E-state index contributed by atoms with van der Waals surface area (Å²) in [5.74, 6) is 6.18. The second-order valence-corrected chi connectivity index (χ2v) is 6.34. The molecule has 1 aromatic heterocycles. The highest BCUT2D eigenvalue weighted by molar-refractivity contribution is 5.71. The molecular weight excluding hydrogens is 335 g/mol. The molecule has 2 aliphatic rings. The van der Waals surface area contributed by atoms with Crippen LogP contribution in [0.25, 0.3) is 0 Å². The minimum atomic E-state index is -0.619. The van der Waals surface area contributed by atoms with Crippen molar-refractivity contribution in [2.45, 2.75) is 18.6 Å². The summed E-state index contributed by atoms with van der Waals surface area (Å²) in [5, 5.41) is 2.77. The number of hydrogen-bond acceptors (Lipinski definition) is 4. The van der Waals surface area contributed by atoms with Crippen molar-refractivity contribution in [1.29, 1.82) is 0 Å². The number of cyclic esters (lactones) is 1. The van der Waals surface area contributed by atoms with Crippen molar-refractivity contribution in [1.82, 2.24) is 10.3 Å². The molecule has 6 heteroatoms. The number of pyridine rings is 1. The molecule has 2 saturated heterocycles. The largest absolute Gasteiger partial charge is 0.439 e. The Morgan fingerprint density at radius 2 is 2.15 bits per heavy atom. The van der Waals surface area contributed by atoms with Crippen molar-refractivity contribution in [3.05, 3.63) is 65.2 Å². The third-order valence-electron chi connectivity index (χ3n) is 4.46. The van der Waals surface area contributed by atoms with Crippen LogP contribution in [0.5, 0.6) is 0 Å². The summed E-state index contributed by atoms with van der Waals surface area (Å²) in [6, 6.07) is 7.48. The van der Waals surface area contributed by atoms with E-state index in [1.807, 2.05) is 6.07 Å². The lowest BCUT2D eigenvalue weighted by Crippen LogP contribution is -2.19. The van der Waals surface area contributed by atoms with Crippen molar-refractivity contribution in [3.8, 4) is 11.8 Å². The molecule has 0 saturated carbocycles. The third kappa shape index (κ3) is 3.53. The molecule has 26 heavy (non-hydrogen) atoms. The summed E-state index contributed by atoms with van der Waals surface area (Å²) >= 11 is 0. The van der Waals surface area contributed by atoms with Crippen molar-refractivity contribution >= 4 is 6.09 Å². The molecule has 0 radical (unpaired) electrons. The van der Waals surface area contributed by atoms with Gasteiger partial charge in [0.25, 0.3) is 0 Å². The zero-order chi connectivity index (χ0) is 17.9. The van der Waals surface area contributed by atoms with Crippen LogP contribution in [0.1, 0.15) is 35.3 Å². The van der Waals surface area contributed by atoms with Gasteiger partial charge >= 0.3 is 6.09 Å². The second kappa shape index (κ2) is 7.14. The van der Waals surface area contributed by atoms with Gasteiger partial charge in [0.1, 0.15) is 11.9 Å². The highest BCUT2D eigenvalue weighted by Gasteiger charge is 2.36. The lowest BCUT2D eigenvalue weighted by Gasteiger charge is -2.17. The maximum Gasteiger partial charge on any atom is 0.408 e. The van der Waals surface area contributed by atoms with Crippen LogP contribution in [0, 0.1) is 23.6 Å². The first-order chi connectivity index (χ1) is 12.7. The lowest BCUT2D eigenvalue weighted by atomic mass is 9.96. The number of hydrogen-bond donors (Lipinski definition) is 1. The van der Waals surface area contributed by atoms with E-state index in [1.54, 1.807) is 24.5 Å². The summed E-state index contributed by atoms with van der Waals surface area (Å²) in [6.07, 6.45) is 3.13. The molecule has 1 amide bonds. The summed E-state index contributed by atoms with van der Waals surface area (Å²) < 4.78 is 24.2. The number of carbonyl (C=O) groups is 1. The van der Waals surface area contributed by atoms with Gasteiger partial charge in [0, 0.05) is 30.5 Å². The van der Waals surface area contributed by atoms with E-state index in [4.69, 9.17) is 9.47 Å². The normalized spacial score (nSPS) is 24.5. The van der Waals surface area contributed by atoms with Gasteiger partial charge in [0.2, 0.25) is 0 Å². The molecule has 132 valence electrons. The average molecular weight is 352 g/mol. The topological polar surface area (TPSA) is 60.5 Å². The summed E-state index contributed by atoms with van der Waals surface area (Å²) in [5.41, 5.74) is 2.11. The first kappa shape index (κ1) is 16.6. The third-order valence-corrected chi connectivity index (χ3v) is 4.46. The molecule has 2 aliphatic heterocycles. The van der Waals surface area contributed by atoms with E-state index in [1.165, 1.54) is 12.1 Å². The molecule has 5 nitrogen and oxygen atoms in total. The van der Waals surface area contributed by atoms with Gasteiger partial charge in [-0.25, -0.2) is 9.18 Å². The van der Waals surface area contributed by atoms with Gasteiger partial charge < -0.3 is 14.8 Å². The van der Waals surface area contributed by atoms with Crippen molar-refractivity contribution in [2.24, 2.45) is 5.92 Å². The molecule has 0 spiro atoms. The Kier molecular flexibility index (Phi) is 4.55. The number of aromatic nitrogens is 1. The van der Waals surface area contributed by atoms with Crippen LogP contribution in [0.2, 0.25) is 0 Å². The number of rotatable bonds is 2. The van der Waals surface area contributed by atoms with E-state index in [2.05, 4.69) is 22.1 Å². The van der Waals surface area contributed by atoms with Crippen molar-refractivity contribution in [3.63, 3.8) is 0 Å². The molecule has 0 bridgehead atoms. The van der Waals surface area contributed by atoms with E-state index >= 15 is 0 Å². The summed E-state index contributed by atoms with van der Waals surface area (Å²) in [4.78, 5) is 16.0. The maximum atomic E-state index is 13.6. The Labute approximate surface area is 150 Å². The smallest absolute Gasteiger partial charge is 0.408 e. The van der Waals surface area contributed by atoms with Gasteiger partial charge in [0.05, 0.1) is 6.61 Å². The van der Waals surface area contributed by atoms with Crippen LogP contribution in [-0.4, -0.2) is 24.3 Å². The van der Waals surface area contributed by atoms with E-state index in [0.717, 1.165) is 24.2 Å². The van der Waals surface area contributed by atoms with Gasteiger partial charge in [-0.1, -0.05) is 24.0 Å². The number of nitrogens with zero attached hydrogens (tertiary/aromatic N) is 1. The van der Waals surface area contributed by atoms with Crippen LogP contribution in [0.3, 0.4) is 0 Å². The average Bonchev–Trinajstić information content (AvgIpc) is 3.30. The number of carbonyl (C=O) groups excluding carboxylic acids is 1. The maximum absolute atomic E-state index is 13.6.